The maximum absolute atomic E-state index is 12.5. The zero-order chi connectivity index (χ0) is 16.6. The van der Waals surface area contributed by atoms with Crippen molar-refractivity contribution in [2.45, 2.75) is 32.7 Å². The van der Waals surface area contributed by atoms with Crippen molar-refractivity contribution in [3.8, 4) is 5.69 Å². The number of aliphatic carboxylic acids is 1. The van der Waals surface area contributed by atoms with Gasteiger partial charge in [0.25, 0.3) is 5.91 Å². The molecule has 120 valence electrons. The summed E-state index contributed by atoms with van der Waals surface area (Å²) >= 11 is 0. The fourth-order valence-corrected chi connectivity index (χ4v) is 2.94. The number of carbonyl (C=O) groups excluding carboxylic acids is 1. The van der Waals surface area contributed by atoms with Gasteiger partial charge in [-0.15, -0.1) is 0 Å². The van der Waals surface area contributed by atoms with Gasteiger partial charge in [-0.2, -0.15) is 5.10 Å². The monoisotopic (exact) mass is 314 g/mol. The van der Waals surface area contributed by atoms with Gasteiger partial charge in [-0.1, -0.05) is 0 Å². The van der Waals surface area contributed by atoms with E-state index in [2.05, 4.69) is 10.1 Å². The third kappa shape index (κ3) is 2.81. The van der Waals surface area contributed by atoms with Crippen molar-refractivity contribution >= 4 is 11.9 Å². The third-order valence-corrected chi connectivity index (χ3v) is 4.03. The van der Waals surface area contributed by atoms with Crippen molar-refractivity contribution < 1.29 is 14.7 Å². The molecular formula is C16H18N4O3. The molecule has 0 spiro atoms. The molecule has 0 bridgehead atoms. The second kappa shape index (κ2) is 5.83. The fraction of sp³-hybridized carbons (Fsp3) is 0.375. The molecule has 0 unspecified atom stereocenters. The Morgan fingerprint density at radius 2 is 1.91 bits per heavy atom. The summed E-state index contributed by atoms with van der Waals surface area (Å²) in [5.41, 5.74) is 1.30. The van der Waals surface area contributed by atoms with Crippen LogP contribution in [0.4, 0.5) is 0 Å². The fourth-order valence-electron chi connectivity index (χ4n) is 2.94. The molecule has 7 heteroatoms. The van der Waals surface area contributed by atoms with Crippen molar-refractivity contribution in [2.75, 3.05) is 6.54 Å². The van der Waals surface area contributed by atoms with Crippen LogP contribution >= 0.6 is 0 Å². The van der Waals surface area contributed by atoms with Crippen molar-refractivity contribution in [3.05, 3.63) is 41.5 Å². The number of hydrogen-bond donors (Lipinski definition) is 1. The Hall–Kier alpha value is -2.70. The molecule has 1 saturated heterocycles. The lowest BCUT2D eigenvalue weighted by atomic mass is 10.1. The summed E-state index contributed by atoms with van der Waals surface area (Å²) in [6.07, 6.45) is 1.23. The van der Waals surface area contributed by atoms with Crippen LogP contribution in [-0.2, 0) is 4.79 Å². The molecule has 3 rings (SSSR count). The Labute approximate surface area is 133 Å². The van der Waals surface area contributed by atoms with Crippen LogP contribution in [-0.4, -0.2) is 49.2 Å². The van der Waals surface area contributed by atoms with Gasteiger partial charge in [0.1, 0.15) is 17.7 Å². The molecule has 0 saturated carbocycles. The molecular weight excluding hydrogens is 296 g/mol. The number of nitrogens with zero attached hydrogens (tertiary/aromatic N) is 4. The molecule has 7 nitrogen and oxygen atoms in total. The highest BCUT2D eigenvalue weighted by atomic mass is 16.4. The van der Waals surface area contributed by atoms with Crippen LogP contribution in [0.3, 0.4) is 0 Å². The maximum atomic E-state index is 12.5. The topological polar surface area (TPSA) is 88.3 Å². The normalized spacial score (nSPS) is 17.5. The van der Waals surface area contributed by atoms with Crippen molar-refractivity contribution in [1.82, 2.24) is 19.7 Å². The highest BCUT2D eigenvalue weighted by Crippen LogP contribution is 2.21. The highest BCUT2D eigenvalue weighted by molar-refractivity contribution is 5.97. The summed E-state index contributed by atoms with van der Waals surface area (Å²) in [5.74, 6) is 0.269. The Morgan fingerprint density at radius 3 is 2.48 bits per heavy atom. The second-order valence-corrected chi connectivity index (χ2v) is 5.66. The number of amides is 1. The first-order valence-corrected chi connectivity index (χ1v) is 7.52. The van der Waals surface area contributed by atoms with E-state index in [4.69, 9.17) is 0 Å². The minimum absolute atomic E-state index is 0.243. The number of aryl methyl sites for hydroxylation is 2. The molecule has 1 aromatic heterocycles. The van der Waals surface area contributed by atoms with Crippen LogP contribution in [0.15, 0.2) is 24.3 Å². The summed E-state index contributed by atoms with van der Waals surface area (Å²) in [6, 6.07) is 6.26. The van der Waals surface area contributed by atoms with E-state index in [1.54, 1.807) is 28.9 Å². The largest absolute Gasteiger partial charge is 0.480 e. The number of benzene rings is 1. The van der Waals surface area contributed by atoms with Crippen molar-refractivity contribution in [2.24, 2.45) is 0 Å². The lowest BCUT2D eigenvalue weighted by molar-refractivity contribution is -0.141. The van der Waals surface area contributed by atoms with E-state index >= 15 is 0 Å². The van der Waals surface area contributed by atoms with Gasteiger partial charge in [-0.25, -0.2) is 14.5 Å². The van der Waals surface area contributed by atoms with Crippen LogP contribution in [0.5, 0.6) is 0 Å². The standard InChI is InChI=1S/C16H18N4O3/c1-10-17-11(2)20(18-10)13-7-5-12(6-8-13)15(21)19-9-3-4-14(19)16(22)23/h5-8,14H,3-4,9H2,1-2H3,(H,22,23)/t14-/m1/s1. The Kier molecular flexibility index (Phi) is 3.85. The van der Waals surface area contributed by atoms with E-state index in [1.807, 2.05) is 13.8 Å². The van der Waals surface area contributed by atoms with Crippen LogP contribution in [0.2, 0.25) is 0 Å². The van der Waals surface area contributed by atoms with Crippen molar-refractivity contribution in [1.29, 1.82) is 0 Å². The lowest BCUT2D eigenvalue weighted by Gasteiger charge is -2.21. The van der Waals surface area contributed by atoms with E-state index in [0.717, 1.165) is 17.9 Å². The first kappa shape index (κ1) is 15.2. The first-order valence-electron chi connectivity index (χ1n) is 7.52. The zero-order valence-electron chi connectivity index (χ0n) is 13.1. The molecule has 1 aliphatic rings. The van der Waals surface area contributed by atoms with Crippen LogP contribution in [0.25, 0.3) is 5.69 Å². The SMILES string of the molecule is Cc1nc(C)n(-c2ccc(C(=O)N3CCC[C@@H]3C(=O)O)cc2)n1. The van der Waals surface area contributed by atoms with E-state index < -0.39 is 12.0 Å². The molecule has 1 N–H and O–H groups in total. The summed E-state index contributed by atoms with van der Waals surface area (Å²) in [7, 11) is 0. The zero-order valence-corrected chi connectivity index (χ0v) is 13.1. The number of likely N-dealkylation sites (tertiary alicyclic amines) is 1. The van der Waals surface area contributed by atoms with Gasteiger partial charge in [0.2, 0.25) is 0 Å². The van der Waals surface area contributed by atoms with Gasteiger partial charge in [0.15, 0.2) is 0 Å². The maximum Gasteiger partial charge on any atom is 0.326 e. The third-order valence-electron chi connectivity index (χ3n) is 4.03. The number of aromatic nitrogens is 3. The minimum Gasteiger partial charge on any atom is -0.480 e. The second-order valence-electron chi connectivity index (χ2n) is 5.66. The quantitative estimate of drug-likeness (QED) is 0.929. The van der Waals surface area contributed by atoms with Gasteiger partial charge in [0.05, 0.1) is 5.69 Å². The number of hydrogen-bond acceptors (Lipinski definition) is 4. The van der Waals surface area contributed by atoms with Gasteiger partial charge in [-0.05, 0) is 51.0 Å². The Bertz CT molecular complexity index is 751. The van der Waals surface area contributed by atoms with Crippen LogP contribution < -0.4 is 0 Å². The Morgan fingerprint density at radius 1 is 1.22 bits per heavy atom. The van der Waals surface area contributed by atoms with E-state index in [9.17, 15) is 14.7 Å². The number of rotatable bonds is 3. The predicted octanol–water partition coefficient (Wildman–Crippen LogP) is 1.57. The number of carboxylic acid groups (broad SMARTS) is 1. The number of carbonyl (C=O) groups is 2. The molecule has 0 aliphatic carbocycles. The summed E-state index contributed by atoms with van der Waals surface area (Å²) in [4.78, 5) is 29.4. The summed E-state index contributed by atoms with van der Waals surface area (Å²) < 4.78 is 1.71. The van der Waals surface area contributed by atoms with Gasteiger partial charge >= 0.3 is 5.97 Å². The van der Waals surface area contributed by atoms with Gasteiger partial charge in [0, 0.05) is 12.1 Å². The molecule has 2 aromatic rings. The van der Waals surface area contributed by atoms with Crippen LogP contribution in [0.1, 0.15) is 34.8 Å². The average molecular weight is 314 g/mol. The molecule has 23 heavy (non-hydrogen) atoms. The highest BCUT2D eigenvalue weighted by Gasteiger charge is 2.34. The molecule has 1 fully saturated rings. The first-order chi connectivity index (χ1) is 11.0. The molecule has 1 aromatic carbocycles. The minimum atomic E-state index is -0.943. The smallest absolute Gasteiger partial charge is 0.326 e. The van der Waals surface area contributed by atoms with Crippen molar-refractivity contribution in [3.63, 3.8) is 0 Å². The molecule has 1 amide bonds. The van der Waals surface area contributed by atoms with E-state index in [1.165, 1.54) is 4.90 Å². The molecule has 0 radical (unpaired) electrons. The average Bonchev–Trinajstić information content (AvgIpc) is 3.13. The molecule has 2 heterocycles. The van der Waals surface area contributed by atoms with E-state index in [0.29, 0.717) is 24.4 Å². The summed E-state index contributed by atoms with van der Waals surface area (Å²) in [5, 5.41) is 13.5. The number of carboxylic acids is 1. The predicted molar refractivity (Wildman–Crippen MR) is 82.5 cm³/mol. The van der Waals surface area contributed by atoms with E-state index in [-0.39, 0.29) is 5.91 Å². The lowest BCUT2D eigenvalue weighted by Crippen LogP contribution is -2.40. The summed E-state index contributed by atoms with van der Waals surface area (Å²) in [6.45, 7) is 4.17. The Balaban J connectivity index is 1.83. The van der Waals surface area contributed by atoms with Gasteiger partial charge < -0.3 is 10.0 Å². The molecule has 1 atom stereocenters. The molecule has 1 aliphatic heterocycles. The van der Waals surface area contributed by atoms with Crippen LogP contribution in [0, 0.1) is 13.8 Å². The van der Waals surface area contributed by atoms with Gasteiger partial charge in [-0.3, -0.25) is 4.79 Å².